The highest BCUT2D eigenvalue weighted by Gasteiger charge is 2.09. The molecular formula is C12H8ClN3O2S. The third kappa shape index (κ3) is 2.32. The molecule has 0 bridgehead atoms. The molecule has 0 radical (unpaired) electrons. The van der Waals surface area contributed by atoms with Gasteiger partial charge in [-0.3, -0.25) is 0 Å². The molecule has 0 saturated carbocycles. The number of rotatable bonds is 3. The van der Waals surface area contributed by atoms with E-state index in [0.29, 0.717) is 22.1 Å². The van der Waals surface area contributed by atoms with Crippen LogP contribution in [0.15, 0.2) is 30.7 Å². The standard InChI is InChI=1S/C12H8ClN3O2S/c13-7-3-9-11(14-4-7)15-6-16(9)5-8-1-2-10(19-8)12(17)18/h1-4,6H,5H2,(H,17,18). The number of aromatic nitrogens is 3. The van der Waals surface area contributed by atoms with Crippen LogP contribution < -0.4 is 0 Å². The number of imidazole rings is 1. The number of aromatic carboxylic acids is 1. The van der Waals surface area contributed by atoms with Crippen molar-refractivity contribution in [1.82, 2.24) is 14.5 Å². The number of hydrogen-bond acceptors (Lipinski definition) is 4. The van der Waals surface area contributed by atoms with Crippen molar-refractivity contribution in [2.75, 3.05) is 0 Å². The number of carboxylic acids is 1. The number of carbonyl (C=O) groups is 1. The van der Waals surface area contributed by atoms with Gasteiger partial charge in [0.25, 0.3) is 0 Å². The summed E-state index contributed by atoms with van der Waals surface area (Å²) in [5, 5.41) is 9.44. The SMILES string of the molecule is O=C(O)c1ccc(Cn2cnc3ncc(Cl)cc32)s1. The molecule has 7 heteroatoms. The number of fused-ring (bicyclic) bond motifs is 1. The van der Waals surface area contributed by atoms with Crippen molar-refractivity contribution >= 4 is 40.1 Å². The van der Waals surface area contributed by atoms with Gasteiger partial charge in [-0.1, -0.05) is 11.6 Å². The number of pyridine rings is 1. The molecule has 3 rings (SSSR count). The summed E-state index contributed by atoms with van der Waals surface area (Å²) in [5.74, 6) is -0.906. The van der Waals surface area contributed by atoms with E-state index in [1.807, 2.05) is 4.57 Å². The molecule has 0 fully saturated rings. The van der Waals surface area contributed by atoms with Gasteiger partial charge in [0.05, 0.1) is 23.4 Å². The molecule has 3 heterocycles. The topological polar surface area (TPSA) is 68.0 Å². The Hall–Kier alpha value is -1.92. The lowest BCUT2D eigenvalue weighted by Crippen LogP contribution is -1.96. The molecule has 0 saturated heterocycles. The highest BCUT2D eigenvalue weighted by molar-refractivity contribution is 7.13. The van der Waals surface area contributed by atoms with Gasteiger partial charge in [-0.05, 0) is 18.2 Å². The second kappa shape index (κ2) is 4.64. The zero-order valence-electron chi connectivity index (χ0n) is 9.58. The molecule has 0 aliphatic rings. The van der Waals surface area contributed by atoms with Gasteiger partial charge in [0.2, 0.25) is 0 Å². The molecule has 0 aromatic carbocycles. The number of nitrogens with zero attached hydrogens (tertiary/aromatic N) is 3. The summed E-state index contributed by atoms with van der Waals surface area (Å²) in [6, 6.07) is 5.20. The van der Waals surface area contributed by atoms with E-state index < -0.39 is 5.97 Å². The van der Waals surface area contributed by atoms with E-state index in [-0.39, 0.29) is 0 Å². The first-order valence-electron chi connectivity index (χ1n) is 5.42. The lowest BCUT2D eigenvalue weighted by atomic mass is 10.4. The van der Waals surface area contributed by atoms with Crippen molar-refractivity contribution in [1.29, 1.82) is 0 Å². The van der Waals surface area contributed by atoms with E-state index in [2.05, 4.69) is 9.97 Å². The molecule has 3 aromatic heterocycles. The summed E-state index contributed by atoms with van der Waals surface area (Å²) in [4.78, 5) is 20.4. The minimum absolute atomic E-state index is 0.329. The summed E-state index contributed by atoms with van der Waals surface area (Å²) in [7, 11) is 0. The minimum atomic E-state index is -0.906. The van der Waals surface area contributed by atoms with Gasteiger partial charge in [-0.15, -0.1) is 11.3 Å². The normalized spacial score (nSPS) is 11.0. The van der Waals surface area contributed by atoms with Gasteiger partial charge in [-0.25, -0.2) is 14.8 Å². The van der Waals surface area contributed by atoms with Crippen LogP contribution >= 0.6 is 22.9 Å². The van der Waals surface area contributed by atoms with Crippen molar-refractivity contribution in [3.05, 3.63) is 45.5 Å². The smallest absolute Gasteiger partial charge is 0.345 e. The Bertz CT molecular complexity index is 765. The molecule has 96 valence electrons. The van der Waals surface area contributed by atoms with Gasteiger partial charge in [0.15, 0.2) is 5.65 Å². The van der Waals surface area contributed by atoms with Gasteiger partial charge >= 0.3 is 5.97 Å². The highest BCUT2D eigenvalue weighted by atomic mass is 35.5. The first-order valence-corrected chi connectivity index (χ1v) is 6.61. The summed E-state index contributed by atoms with van der Waals surface area (Å²) >= 11 is 7.17. The molecular weight excluding hydrogens is 286 g/mol. The fourth-order valence-electron chi connectivity index (χ4n) is 1.79. The third-order valence-corrected chi connectivity index (χ3v) is 3.91. The first-order chi connectivity index (χ1) is 9.13. The third-order valence-electron chi connectivity index (χ3n) is 2.64. The van der Waals surface area contributed by atoms with Crippen LogP contribution in [0.2, 0.25) is 5.02 Å². The molecule has 19 heavy (non-hydrogen) atoms. The number of thiophene rings is 1. The Morgan fingerprint density at radius 2 is 2.26 bits per heavy atom. The van der Waals surface area contributed by atoms with E-state index >= 15 is 0 Å². The van der Waals surface area contributed by atoms with Crippen LogP contribution in [0.25, 0.3) is 11.2 Å². The Morgan fingerprint density at radius 1 is 1.42 bits per heavy atom. The minimum Gasteiger partial charge on any atom is -0.477 e. The Labute approximate surface area is 117 Å². The summed E-state index contributed by atoms with van der Waals surface area (Å²) in [6.07, 6.45) is 3.23. The maximum atomic E-state index is 10.8. The summed E-state index contributed by atoms with van der Waals surface area (Å²) in [6.45, 7) is 0.552. The predicted molar refractivity (Wildman–Crippen MR) is 72.9 cm³/mol. The second-order valence-electron chi connectivity index (χ2n) is 3.94. The number of halogens is 1. The number of hydrogen-bond donors (Lipinski definition) is 1. The quantitative estimate of drug-likeness (QED) is 0.806. The fraction of sp³-hybridized carbons (Fsp3) is 0.0833. The fourth-order valence-corrected chi connectivity index (χ4v) is 2.79. The van der Waals surface area contributed by atoms with Crippen molar-refractivity contribution in [3.8, 4) is 0 Å². The lowest BCUT2D eigenvalue weighted by Gasteiger charge is -2.01. The van der Waals surface area contributed by atoms with Crippen LogP contribution in [-0.2, 0) is 6.54 Å². The Balaban J connectivity index is 1.96. The van der Waals surface area contributed by atoms with E-state index in [9.17, 15) is 4.79 Å². The maximum absolute atomic E-state index is 10.8. The molecule has 0 aliphatic heterocycles. The van der Waals surface area contributed by atoms with E-state index in [1.54, 1.807) is 30.7 Å². The van der Waals surface area contributed by atoms with Crippen LogP contribution in [0.3, 0.4) is 0 Å². The van der Waals surface area contributed by atoms with Gasteiger partial charge in [0, 0.05) is 11.1 Å². The van der Waals surface area contributed by atoms with Crippen molar-refractivity contribution in [2.24, 2.45) is 0 Å². The highest BCUT2D eigenvalue weighted by Crippen LogP contribution is 2.21. The first kappa shape index (κ1) is 12.1. The lowest BCUT2D eigenvalue weighted by molar-refractivity contribution is 0.0702. The van der Waals surface area contributed by atoms with Gasteiger partial charge < -0.3 is 9.67 Å². The molecule has 1 N–H and O–H groups in total. The van der Waals surface area contributed by atoms with Crippen LogP contribution in [0.1, 0.15) is 14.5 Å². The molecule has 5 nitrogen and oxygen atoms in total. The Kier molecular flexibility index (Phi) is 2.96. The molecule has 0 atom stereocenters. The number of carboxylic acid groups (broad SMARTS) is 1. The zero-order chi connectivity index (χ0) is 13.4. The van der Waals surface area contributed by atoms with Gasteiger partial charge in [0.1, 0.15) is 4.88 Å². The van der Waals surface area contributed by atoms with Crippen molar-refractivity contribution < 1.29 is 9.90 Å². The van der Waals surface area contributed by atoms with Crippen molar-refractivity contribution in [2.45, 2.75) is 6.54 Å². The zero-order valence-corrected chi connectivity index (χ0v) is 11.1. The monoisotopic (exact) mass is 293 g/mol. The summed E-state index contributed by atoms with van der Waals surface area (Å²) < 4.78 is 1.89. The predicted octanol–water partition coefficient (Wildman–Crippen LogP) is 2.89. The second-order valence-corrected chi connectivity index (χ2v) is 5.54. The molecule has 3 aromatic rings. The molecule has 0 spiro atoms. The van der Waals surface area contributed by atoms with Crippen LogP contribution in [-0.4, -0.2) is 25.6 Å². The Morgan fingerprint density at radius 3 is 3.00 bits per heavy atom. The van der Waals surface area contributed by atoms with E-state index in [4.69, 9.17) is 16.7 Å². The largest absolute Gasteiger partial charge is 0.477 e. The molecule has 0 amide bonds. The van der Waals surface area contributed by atoms with Crippen LogP contribution in [0.5, 0.6) is 0 Å². The van der Waals surface area contributed by atoms with Crippen LogP contribution in [0.4, 0.5) is 0 Å². The maximum Gasteiger partial charge on any atom is 0.345 e. The average molecular weight is 294 g/mol. The van der Waals surface area contributed by atoms with Crippen molar-refractivity contribution in [3.63, 3.8) is 0 Å². The summed E-state index contributed by atoms with van der Waals surface area (Å²) in [5.41, 5.74) is 1.46. The van der Waals surface area contributed by atoms with E-state index in [1.165, 1.54) is 11.3 Å². The average Bonchev–Trinajstić information content (AvgIpc) is 2.98. The van der Waals surface area contributed by atoms with Gasteiger partial charge in [-0.2, -0.15) is 0 Å². The molecule has 0 unspecified atom stereocenters. The van der Waals surface area contributed by atoms with E-state index in [0.717, 1.165) is 10.4 Å². The van der Waals surface area contributed by atoms with Crippen LogP contribution in [0, 0.1) is 0 Å². The molecule has 0 aliphatic carbocycles.